The second-order valence-corrected chi connectivity index (χ2v) is 16.3. The first-order valence-corrected chi connectivity index (χ1v) is 21.3. The molecule has 2 atom stereocenters. The first-order valence-electron chi connectivity index (χ1n) is 21.3. The van der Waals surface area contributed by atoms with Crippen molar-refractivity contribution in [1.82, 2.24) is 0 Å². The van der Waals surface area contributed by atoms with Crippen LogP contribution in [0.3, 0.4) is 0 Å². The van der Waals surface area contributed by atoms with E-state index in [1.54, 1.807) is 0 Å². The lowest BCUT2D eigenvalue weighted by atomic mass is 9.65. The zero-order chi connectivity index (χ0) is 36.8. The largest absolute Gasteiger partial charge is 0.399 e. The molecule has 4 aromatic carbocycles. The Morgan fingerprint density at radius 2 is 0.865 bits per heavy atom. The van der Waals surface area contributed by atoms with Gasteiger partial charge in [-0.1, -0.05) is 171 Å². The van der Waals surface area contributed by atoms with Gasteiger partial charge in [0.25, 0.3) is 0 Å². The minimum atomic E-state index is 0.0765. The molecular weight excluding hydrogens is 629 g/mol. The van der Waals surface area contributed by atoms with Crippen LogP contribution in [0.25, 0.3) is 0 Å². The Kier molecular flexibility index (Phi) is 15.3. The van der Waals surface area contributed by atoms with Crippen LogP contribution in [0.15, 0.2) is 84.9 Å². The minimum absolute atomic E-state index is 0.0765. The van der Waals surface area contributed by atoms with Crippen molar-refractivity contribution in [3.05, 3.63) is 129 Å². The molecule has 0 bridgehead atoms. The third kappa shape index (κ3) is 10.3. The van der Waals surface area contributed by atoms with E-state index >= 15 is 0 Å². The van der Waals surface area contributed by atoms with Gasteiger partial charge in [0.1, 0.15) is 0 Å². The molecule has 1 aliphatic rings. The van der Waals surface area contributed by atoms with Gasteiger partial charge in [0.2, 0.25) is 0 Å². The summed E-state index contributed by atoms with van der Waals surface area (Å²) >= 11 is 0. The standard InChI is InChI=1S/C50H70N2/c1-5-7-9-11-13-16-20-48(46-32-30-44(51)36-38(46)3)40-22-26-42(27-23-40)50(34-18-15-19-35-50)43-28-24-41(25-29-43)49(21-17-14-12-10-8-6-2)47-33-31-45(52)37-39(47)4/h22-33,36-37,48-49H,5-21,34-35,51-52H2,1-4H3. The maximum atomic E-state index is 6.21. The zero-order valence-corrected chi connectivity index (χ0v) is 33.3. The molecule has 0 radical (unpaired) electrons. The van der Waals surface area contributed by atoms with Gasteiger partial charge < -0.3 is 11.5 Å². The van der Waals surface area contributed by atoms with Crippen molar-refractivity contribution in [3.8, 4) is 0 Å². The average Bonchev–Trinajstić information content (AvgIpc) is 3.16. The Hall–Kier alpha value is -3.52. The smallest absolute Gasteiger partial charge is 0.0316 e. The molecule has 280 valence electrons. The molecule has 0 aromatic heterocycles. The quantitative estimate of drug-likeness (QED) is 0.0713. The number of nitrogen functional groups attached to an aromatic ring is 2. The predicted molar refractivity (Wildman–Crippen MR) is 228 cm³/mol. The van der Waals surface area contributed by atoms with Crippen molar-refractivity contribution in [1.29, 1.82) is 0 Å². The normalized spacial score (nSPS) is 15.4. The summed E-state index contributed by atoms with van der Waals surface area (Å²) < 4.78 is 0. The van der Waals surface area contributed by atoms with Gasteiger partial charge in [-0.3, -0.25) is 0 Å². The molecule has 1 aliphatic carbocycles. The van der Waals surface area contributed by atoms with Gasteiger partial charge in [0.05, 0.1) is 0 Å². The van der Waals surface area contributed by atoms with Gasteiger partial charge in [-0.2, -0.15) is 0 Å². The number of anilines is 2. The first-order chi connectivity index (χ1) is 25.4. The van der Waals surface area contributed by atoms with Crippen molar-refractivity contribution >= 4 is 11.4 Å². The van der Waals surface area contributed by atoms with Crippen molar-refractivity contribution < 1.29 is 0 Å². The summed E-state index contributed by atoms with van der Waals surface area (Å²) in [4.78, 5) is 0. The van der Waals surface area contributed by atoms with E-state index in [1.165, 1.54) is 167 Å². The summed E-state index contributed by atoms with van der Waals surface area (Å²) in [6, 6.07) is 32.9. The summed E-state index contributed by atoms with van der Waals surface area (Å²) in [5.41, 5.74) is 25.6. The second kappa shape index (κ2) is 20.1. The lowest BCUT2D eigenvalue weighted by Crippen LogP contribution is -2.30. The third-order valence-corrected chi connectivity index (χ3v) is 12.5. The van der Waals surface area contributed by atoms with Crippen molar-refractivity contribution in [2.24, 2.45) is 0 Å². The molecule has 2 heteroatoms. The van der Waals surface area contributed by atoms with E-state index in [-0.39, 0.29) is 5.41 Å². The van der Waals surface area contributed by atoms with Crippen LogP contribution >= 0.6 is 0 Å². The fourth-order valence-electron chi connectivity index (χ4n) is 9.41. The minimum Gasteiger partial charge on any atom is -0.399 e. The van der Waals surface area contributed by atoms with Gasteiger partial charge in [0.15, 0.2) is 0 Å². The summed E-state index contributed by atoms with van der Waals surface area (Å²) in [5, 5.41) is 0. The maximum absolute atomic E-state index is 6.21. The predicted octanol–water partition coefficient (Wildman–Crippen LogP) is 14.5. The number of rotatable bonds is 20. The molecule has 4 N–H and O–H groups in total. The van der Waals surface area contributed by atoms with Crippen molar-refractivity contribution in [2.75, 3.05) is 11.5 Å². The van der Waals surface area contributed by atoms with Crippen molar-refractivity contribution in [2.45, 2.75) is 167 Å². The summed E-state index contributed by atoms with van der Waals surface area (Å²) in [5.74, 6) is 0.811. The fourth-order valence-corrected chi connectivity index (χ4v) is 9.41. The third-order valence-electron chi connectivity index (χ3n) is 12.5. The Bertz CT molecular complexity index is 1510. The van der Waals surface area contributed by atoms with Crippen LogP contribution in [-0.2, 0) is 5.41 Å². The molecule has 52 heavy (non-hydrogen) atoms. The molecule has 0 aliphatic heterocycles. The lowest BCUT2D eigenvalue weighted by molar-refractivity contribution is 0.346. The number of hydrogen-bond donors (Lipinski definition) is 2. The van der Waals surface area contributed by atoms with Gasteiger partial charge in [-0.15, -0.1) is 0 Å². The summed E-state index contributed by atoms with van der Waals surface area (Å²) in [6.45, 7) is 9.07. The highest BCUT2D eigenvalue weighted by molar-refractivity contribution is 5.51. The number of aryl methyl sites for hydroxylation is 2. The zero-order valence-electron chi connectivity index (χ0n) is 33.3. The number of benzene rings is 4. The van der Waals surface area contributed by atoms with Crippen LogP contribution in [0.2, 0.25) is 0 Å². The highest BCUT2D eigenvalue weighted by atomic mass is 14.5. The molecule has 1 saturated carbocycles. The van der Waals surface area contributed by atoms with Crippen LogP contribution in [0.4, 0.5) is 11.4 Å². The number of hydrogen-bond acceptors (Lipinski definition) is 2. The van der Waals surface area contributed by atoms with Crippen LogP contribution in [-0.4, -0.2) is 0 Å². The Morgan fingerprint density at radius 3 is 1.25 bits per heavy atom. The maximum Gasteiger partial charge on any atom is 0.0316 e. The molecule has 0 saturated heterocycles. The van der Waals surface area contributed by atoms with Gasteiger partial charge in [0, 0.05) is 28.6 Å². The average molecular weight is 699 g/mol. The molecule has 0 amide bonds. The summed E-state index contributed by atoms with van der Waals surface area (Å²) in [7, 11) is 0. The SMILES string of the molecule is CCCCCCCCC(c1ccc(C2(c3ccc(C(CCCCCCCC)c4ccc(N)cc4C)cc3)CCCCC2)cc1)c1ccc(N)cc1C. The summed E-state index contributed by atoms with van der Waals surface area (Å²) in [6.07, 6.45) is 24.7. The van der Waals surface area contributed by atoms with E-state index < -0.39 is 0 Å². The van der Waals surface area contributed by atoms with Gasteiger partial charge in [-0.25, -0.2) is 0 Å². The molecule has 2 nitrogen and oxygen atoms in total. The second-order valence-electron chi connectivity index (χ2n) is 16.3. The topological polar surface area (TPSA) is 52.0 Å². The van der Waals surface area contributed by atoms with E-state index in [0.717, 1.165) is 11.4 Å². The first kappa shape index (κ1) is 39.7. The lowest BCUT2D eigenvalue weighted by Gasteiger charge is -2.39. The Labute approximate surface area is 318 Å². The highest BCUT2D eigenvalue weighted by Gasteiger charge is 2.36. The highest BCUT2D eigenvalue weighted by Crippen LogP contribution is 2.46. The number of unbranched alkanes of at least 4 members (excludes halogenated alkanes) is 10. The van der Waals surface area contributed by atoms with Crippen molar-refractivity contribution in [3.63, 3.8) is 0 Å². The molecule has 0 spiro atoms. The molecule has 5 rings (SSSR count). The van der Waals surface area contributed by atoms with Crippen LogP contribution < -0.4 is 11.5 Å². The van der Waals surface area contributed by atoms with Gasteiger partial charge in [-0.05, 0) is 108 Å². The van der Waals surface area contributed by atoms with E-state index in [2.05, 4.69) is 113 Å². The monoisotopic (exact) mass is 699 g/mol. The molecular formula is C50H70N2. The Balaban J connectivity index is 1.40. The molecule has 0 heterocycles. The van der Waals surface area contributed by atoms with E-state index in [4.69, 9.17) is 11.5 Å². The Morgan fingerprint density at radius 1 is 0.481 bits per heavy atom. The van der Waals surface area contributed by atoms with Crippen LogP contribution in [0.5, 0.6) is 0 Å². The molecule has 4 aromatic rings. The van der Waals surface area contributed by atoms with Crippen LogP contribution in [0.1, 0.15) is 192 Å². The van der Waals surface area contributed by atoms with E-state index in [1.807, 2.05) is 0 Å². The number of nitrogens with two attached hydrogens (primary N) is 2. The van der Waals surface area contributed by atoms with Crippen LogP contribution in [0, 0.1) is 13.8 Å². The van der Waals surface area contributed by atoms with E-state index in [0.29, 0.717) is 11.8 Å². The fraction of sp³-hybridized carbons (Fsp3) is 0.520. The molecule has 2 unspecified atom stereocenters. The van der Waals surface area contributed by atoms with E-state index in [9.17, 15) is 0 Å². The molecule has 1 fully saturated rings. The van der Waals surface area contributed by atoms with Gasteiger partial charge >= 0.3 is 0 Å².